The summed E-state index contributed by atoms with van der Waals surface area (Å²) in [6.45, 7) is 4.58. The van der Waals surface area contributed by atoms with E-state index in [4.69, 9.17) is 37.2 Å². The number of rotatable bonds is 7. The average molecular weight is 621 g/mol. The molecule has 41 heavy (non-hydrogen) atoms. The average Bonchev–Trinajstić information content (AvgIpc) is 3.41. The molecule has 2 fully saturated rings. The smallest absolute Gasteiger partial charge is 0.338 e. The van der Waals surface area contributed by atoms with Crippen LogP contribution in [-0.2, 0) is 23.9 Å². The van der Waals surface area contributed by atoms with Gasteiger partial charge >= 0.3 is 11.9 Å². The zero-order chi connectivity index (χ0) is 29.6. The van der Waals surface area contributed by atoms with Crippen molar-refractivity contribution < 1.29 is 33.2 Å². The lowest BCUT2D eigenvalue weighted by Gasteiger charge is -2.43. The van der Waals surface area contributed by atoms with E-state index in [-0.39, 0.29) is 27.1 Å². The number of carbonyl (C=O) groups excluding carboxylic acids is 4. The van der Waals surface area contributed by atoms with Gasteiger partial charge in [-0.15, -0.1) is 11.8 Å². The van der Waals surface area contributed by atoms with Gasteiger partial charge in [0.25, 0.3) is 5.91 Å². The molecule has 2 unspecified atom stereocenters. The van der Waals surface area contributed by atoms with Crippen LogP contribution in [0.3, 0.4) is 0 Å². The summed E-state index contributed by atoms with van der Waals surface area (Å²) in [6, 6.07) is 3.03. The highest BCUT2D eigenvalue weighted by atomic mass is 35.5. The van der Waals surface area contributed by atoms with Gasteiger partial charge in [-0.3, -0.25) is 9.59 Å². The second-order valence-electron chi connectivity index (χ2n) is 10.2. The highest BCUT2D eigenvalue weighted by Gasteiger charge is 2.64. The van der Waals surface area contributed by atoms with Gasteiger partial charge in [0.1, 0.15) is 34.5 Å². The molecule has 0 saturated carbocycles. The summed E-state index contributed by atoms with van der Waals surface area (Å²) in [5.74, 6) is -2.14. The number of fused-ring (bicyclic) bond motifs is 1. The maximum atomic E-state index is 13.4. The van der Waals surface area contributed by atoms with Gasteiger partial charge in [0.05, 0.1) is 15.6 Å². The number of amides is 2. The summed E-state index contributed by atoms with van der Waals surface area (Å²) >= 11 is 14.0. The molecule has 14 heteroatoms. The van der Waals surface area contributed by atoms with Crippen LogP contribution in [0.4, 0.5) is 0 Å². The van der Waals surface area contributed by atoms with Crippen LogP contribution in [0.2, 0.25) is 10.0 Å². The van der Waals surface area contributed by atoms with Crippen molar-refractivity contribution in [3.63, 3.8) is 0 Å². The van der Waals surface area contributed by atoms with Crippen molar-refractivity contribution in [1.82, 2.24) is 20.3 Å². The van der Waals surface area contributed by atoms with E-state index >= 15 is 0 Å². The third-order valence-electron chi connectivity index (χ3n) is 6.93. The lowest BCUT2D eigenvalue weighted by Crippen LogP contribution is -2.70. The highest BCUT2D eigenvalue weighted by molar-refractivity contribution is 8.01. The monoisotopic (exact) mass is 620 g/mol. The number of hydrogen-bond acceptors (Lipinski definition) is 10. The molecule has 3 atom stereocenters. The molecular formula is C27H26Cl2N4O7S. The van der Waals surface area contributed by atoms with Crippen LogP contribution in [0.1, 0.15) is 36.4 Å². The number of benzene rings is 1. The molecular weight excluding hydrogens is 595 g/mol. The fourth-order valence-corrected chi connectivity index (χ4v) is 7.21. The molecule has 0 spiro atoms. The van der Waals surface area contributed by atoms with Crippen LogP contribution in [-0.4, -0.2) is 74.8 Å². The van der Waals surface area contributed by atoms with E-state index in [1.54, 1.807) is 57.1 Å². The summed E-state index contributed by atoms with van der Waals surface area (Å²) in [7, 11) is 1.78. The summed E-state index contributed by atoms with van der Waals surface area (Å²) in [5, 5.41) is 6.78. The molecule has 1 aromatic heterocycles. The van der Waals surface area contributed by atoms with E-state index in [1.165, 1.54) is 16.7 Å². The summed E-state index contributed by atoms with van der Waals surface area (Å²) in [5.41, 5.74) is 1.01. The molecule has 2 amide bonds. The molecule has 216 valence electrons. The highest BCUT2D eigenvalue weighted by Crippen LogP contribution is 2.51. The van der Waals surface area contributed by atoms with Gasteiger partial charge < -0.3 is 29.1 Å². The van der Waals surface area contributed by atoms with E-state index in [9.17, 15) is 19.2 Å². The Balaban J connectivity index is 1.25. The van der Waals surface area contributed by atoms with E-state index < -0.39 is 52.8 Å². The number of nitrogens with zero attached hydrogens (tertiary/aromatic N) is 3. The topological polar surface area (TPSA) is 131 Å². The van der Waals surface area contributed by atoms with Crippen molar-refractivity contribution in [3.05, 3.63) is 63.6 Å². The van der Waals surface area contributed by atoms with Crippen LogP contribution < -0.4 is 5.32 Å². The predicted molar refractivity (Wildman–Crippen MR) is 151 cm³/mol. The third-order valence-corrected chi connectivity index (χ3v) is 9.13. The molecule has 3 aliphatic heterocycles. The Morgan fingerprint density at radius 3 is 2.61 bits per heavy atom. The zero-order valence-electron chi connectivity index (χ0n) is 22.5. The molecule has 1 aromatic carbocycles. The molecule has 11 nitrogen and oxygen atoms in total. The second-order valence-corrected chi connectivity index (χ2v) is 12.8. The summed E-state index contributed by atoms with van der Waals surface area (Å²) < 4.78 is 14.9. The van der Waals surface area contributed by atoms with E-state index in [2.05, 4.69) is 10.5 Å². The number of thioether (sulfide) groups is 1. The minimum absolute atomic E-state index is 0.0982. The van der Waals surface area contributed by atoms with Crippen LogP contribution in [0.25, 0.3) is 11.3 Å². The Morgan fingerprint density at radius 1 is 1.22 bits per heavy atom. The van der Waals surface area contributed by atoms with Gasteiger partial charge in [0.15, 0.2) is 0 Å². The first-order chi connectivity index (χ1) is 19.4. The largest absolute Gasteiger partial charge is 0.426 e. The number of β-lactam (4-membered cyclic amide) rings is 1. The first-order valence-electron chi connectivity index (χ1n) is 12.5. The minimum atomic E-state index is -0.949. The molecule has 5 rings (SSSR count). The number of hydrogen-bond donors (Lipinski definition) is 1. The zero-order valence-corrected chi connectivity index (χ0v) is 24.8. The number of nitrogens with one attached hydrogen (secondary N) is 1. The van der Waals surface area contributed by atoms with Crippen molar-refractivity contribution in [2.45, 2.75) is 49.4 Å². The van der Waals surface area contributed by atoms with Gasteiger partial charge in [-0.05, 0) is 39.1 Å². The SMILES string of the molecule is Cc1onc(-c2c(Cl)cccc2Cl)c1C(=O)NC1C(=O)N2C1SC(C)(C)[C@@H]2C(=O)OCOC(=O)C1=CN(C)C=CC1. The quantitative estimate of drug-likeness (QED) is 0.276. The molecule has 3 aliphatic rings. The Bertz CT molecular complexity index is 1480. The molecule has 2 aromatic rings. The van der Waals surface area contributed by atoms with Crippen molar-refractivity contribution >= 4 is 58.7 Å². The Labute approximate surface area is 249 Å². The Kier molecular flexibility index (Phi) is 7.84. The van der Waals surface area contributed by atoms with E-state index in [1.807, 2.05) is 12.3 Å². The number of allylic oxidation sites excluding steroid dienone is 1. The van der Waals surface area contributed by atoms with Gasteiger partial charge in [-0.2, -0.15) is 0 Å². The predicted octanol–water partition coefficient (Wildman–Crippen LogP) is 3.89. The first-order valence-corrected chi connectivity index (χ1v) is 14.2. The molecule has 4 heterocycles. The van der Waals surface area contributed by atoms with Gasteiger partial charge in [-0.1, -0.05) is 40.5 Å². The first kappa shape index (κ1) is 29.0. The third kappa shape index (κ3) is 5.31. The number of aryl methyl sites for hydroxylation is 1. The molecule has 0 radical (unpaired) electrons. The van der Waals surface area contributed by atoms with Crippen LogP contribution >= 0.6 is 35.0 Å². The fraction of sp³-hybridized carbons (Fsp3) is 0.370. The summed E-state index contributed by atoms with van der Waals surface area (Å²) in [6.07, 6.45) is 5.66. The lowest BCUT2D eigenvalue weighted by atomic mass is 9.95. The number of aromatic nitrogens is 1. The lowest BCUT2D eigenvalue weighted by molar-refractivity contribution is -0.175. The van der Waals surface area contributed by atoms with Crippen molar-refractivity contribution in [2.24, 2.45) is 0 Å². The molecule has 0 bridgehead atoms. The molecule has 2 saturated heterocycles. The number of esters is 2. The minimum Gasteiger partial charge on any atom is -0.426 e. The van der Waals surface area contributed by atoms with Crippen LogP contribution in [0.15, 0.2) is 46.8 Å². The van der Waals surface area contributed by atoms with Crippen molar-refractivity contribution in [1.29, 1.82) is 0 Å². The van der Waals surface area contributed by atoms with Crippen LogP contribution in [0, 0.1) is 6.92 Å². The maximum Gasteiger partial charge on any atom is 0.338 e. The Morgan fingerprint density at radius 2 is 1.93 bits per heavy atom. The van der Waals surface area contributed by atoms with Crippen molar-refractivity contribution in [2.75, 3.05) is 13.8 Å². The van der Waals surface area contributed by atoms with Crippen molar-refractivity contribution in [3.8, 4) is 11.3 Å². The number of carbonyl (C=O) groups is 4. The second kappa shape index (κ2) is 11.1. The number of ether oxygens (including phenoxy) is 2. The van der Waals surface area contributed by atoms with Gasteiger partial charge in [0, 0.05) is 30.0 Å². The number of halogens is 2. The van der Waals surface area contributed by atoms with E-state index in [0.29, 0.717) is 17.6 Å². The fourth-order valence-electron chi connectivity index (χ4n) is 5.01. The maximum absolute atomic E-state index is 13.4. The molecule has 1 N–H and O–H groups in total. The van der Waals surface area contributed by atoms with E-state index in [0.717, 1.165) is 0 Å². The summed E-state index contributed by atoms with van der Waals surface area (Å²) in [4.78, 5) is 55.0. The van der Waals surface area contributed by atoms with Crippen LogP contribution in [0.5, 0.6) is 0 Å². The Hall–Kier alpha value is -3.48. The normalized spacial score (nSPS) is 22.5. The van der Waals surface area contributed by atoms with Gasteiger partial charge in [0.2, 0.25) is 12.7 Å². The molecule has 0 aliphatic carbocycles. The van der Waals surface area contributed by atoms with Gasteiger partial charge in [-0.25, -0.2) is 9.59 Å². The standard InChI is InChI=1S/C27H26Cl2N4O7S/c1-13-17(19(31-40-13)18-15(28)8-5-9-16(18)29)22(34)30-20-23(35)33-21(27(2,3)41-24(20)33)26(37)39-12-38-25(36)14-7-6-10-32(4)11-14/h5-6,8-11,20-21,24H,7,12H2,1-4H3,(H,30,34)/t20?,21-,24?/m0/s1.